The maximum Gasteiger partial charge on any atom is 0.344 e. The van der Waals surface area contributed by atoms with Crippen LogP contribution in [0.1, 0.15) is 90.4 Å². The molecule has 0 unspecified atom stereocenters. The molecule has 6 rings (SSSR count). The van der Waals surface area contributed by atoms with Crippen LogP contribution in [0.25, 0.3) is 0 Å². The molecule has 3 aromatic carbocycles. The first-order chi connectivity index (χ1) is 24.7. The summed E-state index contributed by atoms with van der Waals surface area (Å²) in [6.07, 6.45) is 7.29. The van der Waals surface area contributed by atoms with Gasteiger partial charge in [-0.1, -0.05) is 37.3 Å². The molecule has 0 radical (unpaired) electrons. The van der Waals surface area contributed by atoms with Gasteiger partial charge in [0.25, 0.3) is 0 Å². The Labute approximate surface area is 311 Å². The summed E-state index contributed by atoms with van der Waals surface area (Å²) in [5.74, 6) is 1.89. The zero-order chi connectivity index (χ0) is 36.0. The number of ether oxygens (including phenoxy) is 3. The normalized spacial score (nSPS) is 23.4. The van der Waals surface area contributed by atoms with E-state index in [4.69, 9.17) is 37.4 Å². The van der Waals surface area contributed by atoms with Gasteiger partial charge in [-0.3, -0.25) is 4.79 Å². The number of esters is 3. The summed E-state index contributed by atoms with van der Waals surface area (Å²) >= 11 is 11.9. The minimum atomic E-state index is -0.464. The lowest BCUT2D eigenvalue weighted by Crippen LogP contribution is -2.45. The largest absolute Gasteiger partial charge is 0.459 e. The van der Waals surface area contributed by atoms with Crippen molar-refractivity contribution in [2.45, 2.75) is 83.7 Å². The highest BCUT2D eigenvalue weighted by atomic mass is 35.5. The molecule has 0 saturated heterocycles. The molecule has 0 heterocycles. The maximum absolute atomic E-state index is 12.9. The molecule has 0 spiro atoms. The van der Waals surface area contributed by atoms with E-state index in [0.717, 1.165) is 69.3 Å². The summed E-state index contributed by atoms with van der Waals surface area (Å²) in [7, 11) is 0. The summed E-state index contributed by atoms with van der Waals surface area (Å²) in [4.78, 5) is 40.3. The third kappa shape index (κ3) is 8.58. The summed E-state index contributed by atoms with van der Waals surface area (Å²) in [5.41, 5.74) is 6.51. The minimum absolute atomic E-state index is 0.0993. The van der Waals surface area contributed by atoms with Crippen molar-refractivity contribution < 1.29 is 28.6 Å². The van der Waals surface area contributed by atoms with Gasteiger partial charge in [-0.05, 0) is 135 Å². The zero-order valence-corrected chi connectivity index (χ0v) is 31.2. The molecular weight excluding hydrogens is 685 g/mol. The van der Waals surface area contributed by atoms with E-state index in [0.29, 0.717) is 47.2 Å². The Morgan fingerprint density at radius 1 is 0.902 bits per heavy atom. The van der Waals surface area contributed by atoms with E-state index in [-0.39, 0.29) is 36.5 Å². The van der Waals surface area contributed by atoms with Crippen LogP contribution < -0.4 is 9.64 Å². The van der Waals surface area contributed by atoms with E-state index in [1.54, 1.807) is 12.1 Å². The molecule has 3 aliphatic carbocycles. The highest BCUT2D eigenvalue weighted by Gasteiger charge is 2.56. The van der Waals surface area contributed by atoms with Gasteiger partial charge in [0.15, 0.2) is 6.61 Å². The van der Waals surface area contributed by atoms with E-state index < -0.39 is 5.97 Å². The van der Waals surface area contributed by atoms with E-state index in [1.807, 2.05) is 24.3 Å². The molecule has 2 saturated carbocycles. The van der Waals surface area contributed by atoms with Gasteiger partial charge in [-0.15, -0.1) is 23.2 Å². The SMILES string of the molecule is Cc1cc(OC(=O)c2ccccc2)cc2c1[C@H]1CC[C@]3(C)[C@@H](OC(=O)COC(=O)CCCc4ccc(N(CCCl)CCCl)cc4)CC[C@H]3[C@@H]1CC2. The van der Waals surface area contributed by atoms with Crippen LogP contribution in [0.3, 0.4) is 0 Å². The second kappa shape index (κ2) is 16.9. The molecule has 51 heavy (non-hydrogen) atoms. The third-order valence-electron chi connectivity index (χ3n) is 11.6. The van der Waals surface area contributed by atoms with Crippen molar-refractivity contribution in [3.05, 3.63) is 94.5 Å². The molecule has 2 fully saturated rings. The van der Waals surface area contributed by atoms with Crippen LogP contribution >= 0.6 is 23.2 Å². The fraction of sp³-hybridized carbons (Fsp3) is 0.500. The Morgan fingerprint density at radius 2 is 1.65 bits per heavy atom. The van der Waals surface area contributed by atoms with Gasteiger partial charge in [-0.2, -0.15) is 0 Å². The maximum atomic E-state index is 12.9. The number of fused-ring (bicyclic) bond motifs is 5. The van der Waals surface area contributed by atoms with Gasteiger partial charge >= 0.3 is 17.9 Å². The lowest BCUT2D eigenvalue weighted by Gasteiger charge is -2.50. The number of benzene rings is 3. The Bertz CT molecular complexity index is 1670. The van der Waals surface area contributed by atoms with Gasteiger partial charge in [0, 0.05) is 42.4 Å². The fourth-order valence-electron chi connectivity index (χ4n) is 9.18. The predicted octanol–water partition coefficient (Wildman–Crippen LogP) is 8.83. The predicted molar refractivity (Wildman–Crippen MR) is 201 cm³/mol. The Balaban J connectivity index is 0.970. The smallest absolute Gasteiger partial charge is 0.344 e. The summed E-state index contributed by atoms with van der Waals surface area (Å²) in [6.45, 7) is 5.54. The van der Waals surface area contributed by atoms with Gasteiger partial charge < -0.3 is 19.1 Å². The van der Waals surface area contributed by atoms with Gasteiger partial charge in [-0.25, -0.2) is 9.59 Å². The van der Waals surface area contributed by atoms with Crippen LogP contribution in [0.15, 0.2) is 66.7 Å². The molecule has 3 aromatic rings. The van der Waals surface area contributed by atoms with E-state index in [1.165, 1.54) is 16.7 Å². The van der Waals surface area contributed by atoms with Crippen molar-refractivity contribution in [2.24, 2.45) is 17.3 Å². The number of halogens is 2. The van der Waals surface area contributed by atoms with Crippen molar-refractivity contribution in [3.8, 4) is 5.75 Å². The molecule has 5 atom stereocenters. The molecule has 0 bridgehead atoms. The number of nitrogens with zero attached hydrogens (tertiary/aromatic N) is 1. The highest BCUT2D eigenvalue weighted by molar-refractivity contribution is 6.18. The molecule has 3 aliphatic rings. The first-order valence-corrected chi connectivity index (χ1v) is 19.5. The summed E-state index contributed by atoms with van der Waals surface area (Å²) in [5, 5.41) is 0. The fourth-order valence-corrected chi connectivity index (χ4v) is 9.58. The average Bonchev–Trinajstić information content (AvgIpc) is 3.46. The third-order valence-corrected chi connectivity index (χ3v) is 12.0. The number of carbonyl (C=O) groups is 3. The van der Waals surface area contributed by atoms with E-state index in [9.17, 15) is 14.4 Å². The van der Waals surface area contributed by atoms with Gasteiger partial charge in [0.05, 0.1) is 5.56 Å². The quantitative estimate of drug-likeness (QED) is 0.0931. The minimum Gasteiger partial charge on any atom is -0.459 e. The second-order valence-electron chi connectivity index (χ2n) is 14.6. The monoisotopic (exact) mass is 733 g/mol. The number of alkyl halides is 2. The van der Waals surface area contributed by atoms with Gasteiger partial charge in [0.2, 0.25) is 0 Å². The number of rotatable bonds is 14. The van der Waals surface area contributed by atoms with Crippen molar-refractivity contribution in [1.82, 2.24) is 0 Å². The van der Waals surface area contributed by atoms with Crippen LogP contribution in [-0.2, 0) is 31.9 Å². The molecule has 0 amide bonds. The molecule has 0 aromatic heterocycles. The van der Waals surface area contributed by atoms with Gasteiger partial charge in [0.1, 0.15) is 11.9 Å². The molecule has 0 aliphatic heterocycles. The Hall–Kier alpha value is -3.55. The number of hydrogen-bond acceptors (Lipinski definition) is 7. The molecule has 272 valence electrons. The van der Waals surface area contributed by atoms with E-state index >= 15 is 0 Å². The number of hydrogen-bond donors (Lipinski definition) is 0. The summed E-state index contributed by atoms with van der Waals surface area (Å²) in [6, 6.07) is 21.4. The Kier molecular flexibility index (Phi) is 12.3. The topological polar surface area (TPSA) is 82.1 Å². The highest BCUT2D eigenvalue weighted by Crippen LogP contribution is 2.62. The lowest BCUT2D eigenvalue weighted by molar-refractivity contribution is -0.168. The molecule has 7 nitrogen and oxygen atoms in total. The van der Waals surface area contributed by atoms with Crippen LogP contribution in [-0.4, -0.2) is 55.5 Å². The number of aryl methyl sites for hydroxylation is 3. The van der Waals surface area contributed by atoms with Crippen molar-refractivity contribution >= 4 is 46.8 Å². The Morgan fingerprint density at radius 3 is 2.37 bits per heavy atom. The number of anilines is 1. The zero-order valence-electron chi connectivity index (χ0n) is 29.7. The van der Waals surface area contributed by atoms with E-state index in [2.05, 4.69) is 49.1 Å². The average molecular weight is 735 g/mol. The molecular formula is C42H49Cl2NO6. The van der Waals surface area contributed by atoms with Crippen molar-refractivity contribution in [3.63, 3.8) is 0 Å². The van der Waals surface area contributed by atoms with Crippen molar-refractivity contribution in [1.29, 1.82) is 0 Å². The van der Waals surface area contributed by atoms with Crippen LogP contribution in [0.5, 0.6) is 5.75 Å². The summed E-state index contributed by atoms with van der Waals surface area (Å²) < 4.78 is 17.2. The first-order valence-electron chi connectivity index (χ1n) is 18.4. The first kappa shape index (κ1) is 37.2. The van der Waals surface area contributed by atoms with Crippen molar-refractivity contribution in [2.75, 3.05) is 36.4 Å². The number of carbonyl (C=O) groups excluding carboxylic acids is 3. The van der Waals surface area contributed by atoms with Crippen LogP contribution in [0, 0.1) is 24.2 Å². The van der Waals surface area contributed by atoms with Crippen LogP contribution in [0.4, 0.5) is 5.69 Å². The lowest BCUT2D eigenvalue weighted by atomic mass is 9.55. The molecule has 9 heteroatoms. The standard InChI is InChI=1S/C42H49Cl2NO6/c1-28-25-33(50-41(48)30-8-4-3-5-9-30)26-31-13-16-34-35(40(28)31)19-20-42(2)36(34)17-18-37(42)51-39(47)27-49-38(46)10-6-7-29-11-14-32(15-12-29)45(23-21-43)24-22-44/h3-5,8-9,11-12,14-15,25-26,34-37H,6-7,10,13,16-24,27H2,1-2H3/t34-,35+,36+,37+,42+/m1/s1. The molecule has 0 N–H and O–H groups in total. The second-order valence-corrected chi connectivity index (χ2v) is 15.4. The van der Waals surface area contributed by atoms with Crippen LogP contribution in [0.2, 0.25) is 0 Å².